The molecule has 0 bridgehead atoms. The van der Waals surface area contributed by atoms with Gasteiger partial charge in [-0.3, -0.25) is 13.8 Å². The lowest BCUT2D eigenvalue weighted by atomic mass is 9.85. The van der Waals surface area contributed by atoms with Crippen molar-refractivity contribution in [1.82, 2.24) is 5.32 Å². The third kappa shape index (κ3) is 22.2. The summed E-state index contributed by atoms with van der Waals surface area (Å²) in [6.07, 6.45) is 17.4. The van der Waals surface area contributed by atoms with Gasteiger partial charge in [-0.05, 0) is 19.3 Å². The van der Waals surface area contributed by atoms with Crippen molar-refractivity contribution in [2.75, 3.05) is 6.61 Å². The number of phosphoric ester groups is 1. The highest BCUT2D eigenvalue weighted by Crippen LogP contribution is 2.47. The Morgan fingerprint density at radius 1 is 0.647 bits per heavy atom. The first kappa shape index (κ1) is 48.1. The number of aliphatic hydroxyl groups is 6. The molecule has 1 rings (SSSR count). The number of carbonyl (C=O) groups excluding carboxylic acids is 1. The van der Waals surface area contributed by atoms with Crippen molar-refractivity contribution in [2.45, 2.75) is 217 Å². The molecule has 0 aromatic carbocycles. The molecule has 51 heavy (non-hydrogen) atoms. The van der Waals surface area contributed by atoms with Crippen LogP contribution in [0, 0.1) is 0 Å². The van der Waals surface area contributed by atoms with E-state index in [1.165, 1.54) is 102 Å². The molecule has 0 heterocycles. The molecule has 8 N–H and O–H groups in total. The minimum Gasteiger partial charge on any atom is -0.387 e. The van der Waals surface area contributed by atoms with Crippen molar-refractivity contribution < 1.29 is 53.9 Å². The highest BCUT2D eigenvalue weighted by atomic mass is 31.2. The maximum atomic E-state index is 12.8. The number of unbranched alkanes of at least 4 members (excludes halogenated alkanes) is 21. The zero-order valence-electron chi connectivity index (χ0n) is 31.7. The molecule has 0 aromatic heterocycles. The summed E-state index contributed by atoms with van der Waals surface area (Å²) in [7, 11) is -5.06. The number of hydrogen-bond donors (Lipinski definition) is 8. The Bertz CT molecular complexity index is 926. The van der Waals surface area contributed by atoms with Gasteiger partial charge >= 0.3 is 7.82 Å². The first-order valence-corrected chi connectivity index (χ1v) is 21.6. The van der Waals surface area contributed by atoms with E-state index in [2.05, 4.69) is 19.2 Å². The molecule has 1 saturated carbocycles. The Kier molecular flexibility index (Phi) is 27.8. The van der Waals surface area contributed by atoms with Crippen LogP contribution in [-0.2, 0) is 18.4 Å². The third-order valence-electron chi connectivity index (χ3n) is 9.82. The fourth-order valence-corrected chi connectivity index (χ4v) is 7.40. The lowest BCUT2D eigenvalue weighted by Gasteiger charge is -2.41. The Balaban J connectivity index is 2.55. The van der Waals surface area contributed by atoms with Gasteiger partial charge in [0.25, 0.3) is 0 Å². The van der Waals surface area contributed by atoms with Gasteiger partial charge in [0.15, 0.2) is 0 Å². The summed E-state index contributed by atoms with van der Waals surface area (Å²) in [5, 5.41) is 63.6. The standard InChI is InChI=1S/C38H74NO11P/c1-3-5-7-9-11-13-14-15-16-17-18-19-20-21-23-25-27-31(40)30(39-32(41)28-26-24-22-12-10-8-6-4-2)29-49-51(47,48)50-38-36(45)34(43)33(42)35(44)37(38)46/h25,27,30-31,33-38,40,42-46H,3-24,26,28-29H2,1-2H3,(H,39,41)(H,47,48)/b27-25+/t30-,31+,33?,34+,35?,36?,37?,38?/m0/s1. The van der Waals surface area contributed by atoms with Gasteiger partial charge in [-0.25, -0.2) is 4.57 Å². The monoisotopic (exact) mass is 751 g/mol. The molecule has 0 radical (unpaired) electrons. The van der Waals surface area contributed by atoms with E-state index in [0.717, 1.165) is 44.9 Å². The Morgan fingerprint density at radius 3 is 1.49 bits per heavy atom. The average molecular weight is 752 g/mol. The molecule has 302 valence electrons. The van der Waals surface area contributed by atoms with Gasteiger partial charge in [0.2, 0.25) is 5.91 Å². The van der Waals surface area contributed by atoms with Crippen molar-refractivity contribution in [3.05, 3.63) is 12.2 Å². The fourth-order valence-electron chi connectivity index (χ4n) is 6.43. The van der Waals surface area contributed by atoms with Gasteiger partial charge < -0.3 is 40.8 Å². The van der Waals surface area contributed by atoms with Crippen molar-refractivity contribution in [1.29, 1.82) is 0 Å². The average Bonchev–Trinajstić information content (AvgIpc) is 3.11. The van der Waals surface area contributed by atoms with Crippen LogP contribution in [0.1, 0.15) is 168 Å². The molecule has 1 fully saturated rings. The Morgan fingerprint density at radius 2 is 1.04 bits per heavy atom. The Hall–Kier alpha value is -0.920. The van der Waals surface area contributed by atoms with Gasteiger partial charge in [0, 0.05) is 6.42 Å². The molecule has 1 amide bonds. The number of carbonyl (C=O) groups is 1. The quantitative estimate of drug-likeness (QED) is 0.0224. The molecule has 12 nitrogen and oxygen atoms in total. The molecule has 6 unspecified atom stereocenters. The van der Waals surface area contributed by atoms with Crippen molar-refractivity contribution in [2.24, 2.45) is 0 Å². The van der Waals surface area contributed by atoms with Crippen LogP contribution in [0.15, 0.2) is 12.2 Å². The first-order chi connectivity index (χ1) is 24.4. The number of aliphatic hydroxyl groups excluding tert-OH is 6. The largest absolute Gasteiger partial charge is 0.472 e. The van der Waals surface area contributed by atoms with Crippen LogP contribution in [0.3, 0.4) is 0 Å². The molecule has 0 aromatic rings. The number of rotatable bonds is 32. The summed E-state index contributed by atoms with van der Waals surface area (Å²) in [6, 6.07) is -1.11. The van der Waals surface area contributed by atoms with Crippen molar-refractivity contribution in [3.63, 3.8) is 0 Å². The molecule has 13 heteroatoms. The third-order valence-corrected chi connectivity index (χ3v) is 10.8. The van der Waals surface area contributed by atoms with Crippen molar-refractivity contribution >= 4 is 13.7 Å². The van der Waals surface area contributed by atoms with E-state index in [0.29, 0.717) is 6.42 Å². The highest BCUT2D eigenvalue weighted by Gasteiger charge is 2.51. The lowest BCUT2D eigenvalue weighted by molar-refractivity contribution is -0.220. The van der Waals surface area contributed by atoms with Crippen LogP contribution in [0.25, 0.3) is 0 Å². The van der Waals surface area contributed by atoms with Gasteiger partial charge in [-0.1, -0.05) is 154 Å². The van der Waals surface area contributed by atoms with E-state index < -0.39 is 63.2 Å². The molecule has 0 saturated heterocycles. The zero-order valence-corrected chi connectivity index (χ0v) is 32.6. The van der Waals surface area contributed by atoms with Gasteiger partial charge in [0.05, 0.1) is 18.8 Å². The minimum atomic E-state index is -5.06. The second-order valence-corrected chi connectivity index (χ2v) is 15.9. The van der Waals surface area contributed by atoms with E-state index in [-0.39, 0.29) is 12.3 Å². The minimum absolute atomic E-state index is 0.215. The van der Waals surface area contributed by atoms with E-state index in [1.54, 1.807) is 0 Å². The van der Waals surface area contributed by atoms with E-state index >= 15 is 0 Å². The molecular weight excluding hydrogens is 677 g/mol. The van der Waals surface area contributed by atoms with Crippen LogP contribution in [0.2, 0.25) is 0 Å². The predicted molar refractivity (Wildman–Crippen MR) is 200 cm³/mol. The highest BCUT2D eigenvalue weighted by molar-refractivity contribution is 7.47. The molecule has 1 aliphatic carbocycles. The van der Waals surface area contributed by atoms with Crippen LogP contribution in [-0.4, -0.2) is 96.8 Å². The van der Waals surface area contributed by atoms with Crippen LogP contribution >= 0.6 is 7.82 Å². The normalized spacial score (nSPS) is 24.8. The summed E-state index contributed by atoms with van der Waals surface area (Å²) >= 11 is 0. The smallest absolute Gasteiger partial charge is 0.387 e. The number of hydrogen-bond acceptors (Lipinski definition) is 10. The molecule has 0 spiro atoms. The number of allylic oxidation sites excluding steroid dienone is 1. The van der Waals surface area contributed by atoms with E-state index in [9.17, 15) is 44.9 Å². The first-order valence-electron chi connectivity index (χ1n) is 20.1. The van der Waals surface area contributed by atoms with Crippen LogP contribution in [0.5, 0.6) is 0 Å². The number of nitrogens with one attached hydrogen (secondary N) is 1. The summed E-state index contributed by atoms with van der Waals surface area (Å²) in [6.45, 7) is 3.77. The topological polar surface area (TPSA) is 206 Å². The molecule has 0 aliphatic heterocycles. The van der Waals surface area contributed by atoms with Crippen molar-refractivity contribution in [3.8, 4) is 0 Å². The fraction of sp³-hybridized carbons (Fsp3) is 0.921. The van der Waals surface area contributed by atoms with Gasteiger partial charge in [-0.2, -0.15) is 0 Å². The summed E-state index contributed by atoms with van der Waals surface area (Å²) in [4.78, 5) is 23.1. The van der Waals surface area contributed by atoms with Crippen LogP contribution in [0.4, 0.5) is 0 Å². The summed E-state index contributed by atoms with van der Waals surface area (Å²) in [5.74, 6) is -0.346. The van der Waals surface area contributed by atoms with Crippen LogP contribution < -0.4 is 5.32 Å². The van der Waals surface area contributed by atoms with E-state index in [4.69, 9.17) is 9.05 Å². The maximum Gasteiger partial charge on any atom is 0.472 e. The lowest BCUT2D eigenvalue weighted by Crippen LogP contribution is -2.64. The SMILES string of the molecule is CCCCCCCCCCCCCCCC/C=C/[C@@H](O)[C@H](COP(=O)(O)OC1C(O)C(O)C(O)[C@@H](O)C1O)NC(=O)CCCCCCCCCC. The molecule has 9 atom stereocenters. The van der Waals surface area contributed by atoms with Gasteiger partial charge in [-0.15, -0.1) is 0 Å². The predicted octanol–water partition coefficient (Wildman–Crippen LogP) is 6.11. The molecular formula is C38H74NO11P. The van der Waals surface area contributed by atoms with E-state index in [1.807, 2.05) is 6.08 Å². The summed E-state index contributed by atoms with van der Waals surface area (Å²) < 4.78 is 22.7. The second-order valence-electron chi connectivity index (χ2n) is 14.5. The summed E-state index contributed by atoms with van der Waals surface area (Å²) in [5.41, 5.74) is 0. The Labute approximate surface area is 308 Å². The number of phosphoric acid groups is 1. The maximum absolute atomic E-state index is 12.8. The second kappa shape index (κ2) is 29.4. The molecule has 1 aliphatic rings. The zero-order chi connectivity index (χ0) is 37.9. The number of amides is 1. The van der Waals surface area contributed by atoms with Gasteiger partial charge in [0.1, 0.15) is 36.6 Å².